The first-order valence-corrected chi connectivity index (χ1v) is 5.92. The minimum atomic E-state index is 0.0186. The lowest BCUT2D eigenvalue weighted by Gasteiger charge is -2.23. The molecule has 0 saturated heterocycles. The molecule has 1 aromatic rings. The van der Waals surface area contributed by atoms with Crippen molar-refractivity contribution in [1.82, 2.24) is 0 Å². The number of phenolic OH excluding ortho intramolecular Hbond substituents is 1. The van der Waals surface area contributed by atoms with Crippen LogP contribution in [0.4, 0.5) is 5.69 Å². The lowest BCUT2D eigenvalue weighted by atomic mass is 10.1. The van der Waals surface area contributed by atoms with E-state index in [2.05, 4.69) is 23.7 Å². The van der Waals surface area contributed by atoms with Crippen LogP contribution in [0.3, 0.4) is 0 Å². The summed E-state index contributed by atoms with van der Waals surface area (Å²) in [5, 5.41) is 18.5. The van der Waals surface area contributed by atoms with Crippen molar-refractivity contribution in [2.45, 2.75) is 13.8 Å². The van der Waals surface area contributed by atoms with Crippen molar-refractivity contribution >= 4 is 11.9 Å². The Morgan fingerprint density at radius 3 is 2.59 bits per heavy atom. The third-order valence-corrected chi connectivity index (χ3v) is 2.61. The summed E-state index contributed by atoms with van der Waals surface area (Å²) in [6.07, 6.45) is 1.62. The third kappa shape index (κ3) is 3.46. The Balaban J connectivity index is 3.07. The molecular formula is C13H20N2O2. The van der Waals surface area contributed by atoms with Gasteiger partial charge < -0.3 is 15.1 Å². The van der Waals surface area contributed by atoms with Crippen molar-refractivity contribution in [1.29, 1.82) is 0 Å². The van der Waals surface area contributed by atoms with E-state index >= 15 is 0 Å². The van der Waals surface area contributed by atoms with E-state index in [0.717, 1.165) is 18.8 Å². The zero-order valence-corrected chi connectivity index (χ0v) is 10.4. The summed E-state index contributed by atoms with van der Waals surface area (Å²) in [6, 6.07) is 5.44. The Kier molecular flexibility index (Phi) is 5.49. The Labute approximate surface area is 102 Å². The molecule has 4 heteroatoms. The molecule has 94 valence electrons. The average Bonchev–Trinajstić information content (AvgIpc) is 2.34. The first-order chi connectivity index (χ1) is 8.24. The van der Waals surface area contributed by atoms with Crippen molar-refractivity contribution in [2.75, 3.05) is 31.1 Å². The summed E-state index contributed by atoms with van der Waals surface area (Å²) in [5.41, 5.74) is 1.68. The second-order valence-corrected chi connectivity index (χ2v) is 3.64. The first-order valence-electron chi connectivity index (χ1n) is 5.92. The fourth-order valence-corrected chi connectivity index (χ4v) is 1.73. The van der Waals surface area contributed by atoms with Gasteiger partial charge in [-0.25, -0.2) is 0 Å². The van der Waals surface area contributed by atoms with Crippen molar-refractivity contribution in [3.63, 3.8) is 0 Å². The van der Waals surface area contributed by atoms with E-state index in [-0.39, 0.29) is 12.4 Å². The molecule has 0 aliphatic heterocycles. The smallest absolute Gasteiger partial charge is 0.126 e. The molecule has 0 fully saturated rings. The monoisotopic (exact) mass is 236 g/mol. The summed E-state index contributed by atoms with van der Waals surface area (Å²) in [4.78, 5) is 6.22. The Morgan fingerprint density at radius 1 is 1.29 bits per heavy atom. The molecule has 0 aliphatic rings. The van der Waals surface area contributed by atoms with Gasteiger partial charge in [0.25, 0.3) is 0 Å². The molecule has 1 aromatic carbocycles. The largest absolute Gasteiger partial charge is 0.507 e. The maximum absolute atomic E-state index is 9.85. The van der Waals surface area contributed by atoms with Crippen molar-refractivity contribution in [3.05, 3.63) is 23.8 Å². The molecule has 0 saturated carbocycles. The number of anilines is 1. The van der Waals surface area contributed by atoms with Crippen LogP contribution in [-0.2, 0) is 0 Å². The van der Waals surface area contributed by atoms with Gasteiger partial charge in [0.15, 0.2) is 0 Å². The molecule has 0 aliphatic carbocycles. The number of aliphatic hydroxyl groups is 1. The Bertz CT molecular complexity index is 374. The number of phenols is 1. The number of nitrogens with zero attached hydrogens (tertiary/aromatic N) is 2. The van der Waals surface area contributed by atoms with Gasteiger partial charge in [-0.1, -0.05) is 6.07 Å². The maximum Gasteiger partial charge on any atom is 0.126 e. The van der Waals surface area contributed by atoms with Crippen molar-refractivity contribution in [2.24, 2.45) is 4.99 Å². The van der Waals surface area contributed by atoms with Gasteiger partial charge in [0.1, 0.15) is 5.75 Å². The van der Waals surface area contributed by atoms with Gasteiger partial charge in [0.2, 0.25) is 0 Å². The van der Waals surface area contributed by atoms with Crippen LogP contribution in [-0.4, -0.2) is 42.7 Å². The van der Waals surface area contributed by atoms with Crippen LogP contribution >= 0.6 is 0 Å². The fraction of sp³-hybridized carbons (Fsp3) is 0.462. The average molecular weight is 236 g/mol. The van der Waals surface area contributed by atoms with Crippen molar-refractivity contribution in [3.8, 4) is 5.75 Å². The molecule has 0 bridgehead atoms. The summed E-state index contributed by atoms with van der Waals surface area (Å²) in [7, 11) is 0. The first kappa shape index (κ1) is 13.5. The molecule has 2 N–H and O–H groups in total. The molecule has 0 spiro atoms. The Hall–Kier alpha value is -1.55. The summed E-state index contributed by atoms with van der Waals surface area (Å²) >= 11 is 0. The van der Waals surface area contributed by atoms with Gasteiger partial charge >= 0.3 is 0 Å². The number of benzene rings is 1. The van der Waals surface area contributed by atoms with E-state index < -0.39 is 0 Å². The molecule has 1 rings (SSSR count). The molecule has 0 amide bonds. The molecule has 0 aromatic heterocycles. The standard InChI is InChI=1S/C13H20N2O2/c1-3-15(4-2)12-6-5-7-13(17)11(12)10-14-8-9-16/h5-7,10,16-17H,3-4,8-9H2,1-2H3. The highest BCUT2D eigenvalue weighted by Crippen LogP contribution is 2.26. The van der Waals surface area contributed by atoms with E-state index in [0.29, 0.717) is 12.1 Å². The number of hydrogen-bond acceptors (Lipinski definition) is 4. The lowest BCUT2D eigenvalue weighted by molar-refractivity contribution is 0.307. The van der Waals surface area contributed by atoms with E-state index in [9.17, 15) is 5.11 Å². The molecule has 0 atom stereocenters. The van der Waals surface area contributed by atoms with Gasteiger partial charge in [-0.05, 0) is 26.0 Å². The van der Waals surface area contributed by atoms with Crippen LogP contribution in [0.5, 0.6) is 5.75 Å². The normalized spacial score (nSPS) is 11.0. The highest BCUT2D eigenvalue weighted by atomic mass is 16.3. The summed E-state index contributed by atoms with van der Waals surface area (Å²) in [5.74, 6) is 0.219. The van der Waals surface area contributed by atoms with E-state index in [1.165, 1.54) is 0 Å². The number of aliphatic imine (C=N–C) groups is 1. The van der Waals surface area contributed by atoms with Crippen LogP contribution in [0.25, 0.3) is 0 Å². The molecule has 0 radical (unpaired) electrons. The minimum Gasteiger partial charge on any atom is -0.507 e. The van der Waals surface area contributed by atoms with E-state index in [1.54, 1.807) is 12.3 Å². The molecule has 17 heavy (non-hydrogen) atoms. The second kappa shape index (κ2) is 6.91. The predicted octanol–water partition coefficient (Wildman–Crippen LogP) is 1.65. The van der Waals surface area contributed by atoms with Gasteiger partial charge in [0.05, 0.1) is 18.7 Å². The van der Waals surface area contributed by atoms with Crippen LogP contribution < -0.4 is 4.90 Å². The van der Waals surface area contributed by atoms with Gasteiger partial charge in [0, 0.05) is 25.0 Å². The molecule has 0 unspecified atom stereocenters. The third-order valence-electron chi connectivity index (χ3n) is 2.61. The number of hydrogen-bond donors (Lipinski definition) is 2. The number of rotatable bonds is 6. The summed E-state index contributed by atoms with van der Waals surface area (Å²) < 4.78 is 0. The SMILES string of the molecule is CCN(CC)c1cccc(O)c1C=NCCO. The second-order valence-electron chi connectivity index (χ2n) is 3.64. The molecular weight excluding hydrogens is 216 g/mol. The van der Waals surface area contributed by atoms with Gasteiger partial charge in [-0.2, -0.15) is 0 Å². The molecule has 0 heterocycles. The van der Waals surface area contributed by atoms with E-state index in [4.69, 9.17) is 5.11 Å². The van der Waals surface area contributed by atoms with Crippen LogP contribution in [0.15, 0.2) is 23.2 Å². The minimum absolute atomic E-state index is 0.0186. The lowest BCUT2D eigenvalue weighted by Crippen LogP contribution is -2.23. The molecule has 4 nitrogen and oxygen atoms in total. The van der Waals surface area contributed by atoms with Crippen molar-refractivity contribution < 1.29 is 10.2 Å². The predicted molar refractivity (Wildman–Crippen MR) is 71.2 cm³/mol. The maximum atomic E-state index is 9.85. The van der Waals surface area contributed by atoms with E-state index in [1.807, 2.05) is 12.1 Å². The zero-order chi connectivity index (χ0) is 12.7. The number of aliphatic hydroxyl groups excluding tert-OH is 1. The zero-order valence-electron chi connectivity index (χ0n) is 10.4. The van der Waals surface area contributed by atoms with Gasteiger partial charge in [-0.15, -0.1) is 0 Å². The van der Waals surface area contributed by atoms with Gasteiger partial charge in [-0.3, -0.25) is 4.99 Å². The summed E-state index contributed by atoms with van der Waals surface area (Å²) in [6.45, 7) is 6.27. The Morgan fingerprint density at radius 2 is 2.00 bits per heavy atom. The van der Waals surface area contributed by atoms with Crippen LogP contribution in [0.2, 0.25) is 0 Å². The topological polar surface area (TPSA) is 56.1 Å². The van der Waals surface area contributed by atoms with Crippen LogP contribution in [0.1, 0.15) is 19.4 Å². The number of aromatic hydroxyl groups is 1. The fourth-order valence-electron chi connectivity index (χ4n) is 1.73. The highest BCUT2D eigenvalue weighted by molar-refractivity contribution is 5.91. The quantitative estimate of drug-likeness (QED) is 0.738. The van der Waals surface area contributed by atoms with Crippen LogP contribution in [0, 0.1) is 0 Å². The highest BCUT2D eigenvalue weighted by Gasteiger charge is 2.09.